The van der Waals surface area contributed by atoms with Crippen LogP contribution in [0.3, 0.4) is 0 Å². The Balaban J connectivity index is 3.64. The number of nitrogens with two attached hydrogens (primary N) is 1. The Morgan fingerprint density at radius 1 is 1.57 bits per heavy atom. The Bertz CT molecular complexity index is 286. The van der Waals surface area contributed by atoms with Crippen molar-refractivity contribution in [3.8, 4) is 0 Å². The Labute approximate surface area is 83.0 Å². The molecule has 0 spiro atoms. The van der Waals surface area contributed by atoms with Crippen LogP contribution in [0.5, 0.6) is 0 Å². The monoisotopic (exact) mass is 222 g/mol. The van der Waals surface area contributed by atoms with Gasteiger partial charge in [0.2, 0.25) is 0 Å². The van der Waals surface area contributed by atoms with E-state index in [2.05, 4.69) is 16.6 Å². The minimum Gasteiger partial charge on any atom is -0.448 e. The number of carbonyl (C=O) groups excluding carboxylic acids is 1. The van der Waals surface area contributed by atoms with Gasteiger partial charge in [0.25, 0.3) is 0 Å². The zero-order valence-electron chi connectivity index (χ0n) is 7.73. The van der Waals surface area contributed by atoms with Crippen LogP contribution in [0.15, 0.2) is 12.0 Å². The van der Waals surface area contributed by atoms with Gasteiger partial charge in [-0.15, -0.1) is 0 Å². The van der Waals surface area contributed by atoms with Crippen molar-refractivity contribution in [3.05, 3.63) is 12.0 Å². The number of amides is 1. The second kappa shape index (κ2) is 6.39. The van der Waals surface area contributed by atoms with E-state index < -0.39 is 15.9 Å². The van der Waals surface area contributed by atoms with Gasteiger partial charge < -0.3 is 15.8 Å². The highest BCUT2D eigenvalue weighted by Gasteiger charge is 2.06. The summed E-state index contributed by atoms with van der Waals surface area (Å²) in [5.41, 5.74) is 5.12. The number of hydrogen-bond donors (Lipinski definition) is 2. The molecular weight excluding hydrogens is 208 g/mol. The summed E-state index contributed by atoms with van der Waals surface area (Å²) in [7, 11) is -3.30. The molecule has 0 aromatic carbocycles. The molecule has 0 atom stereocenters. The number of nitrogens with one attached hydrogen (secondary N) is 1. The summed E-state index contributed by atoms with van der Waals surface area (Å²) < 4.78 is 26.2. The number of rotatable bonds is 6. The minimum atomic E-state index is -3.30. The lowest BCUT2D eigenvalue weighted by Crippen LogP contribution is -2.30. The fraction of sp³-hybridized carbons (Fsp3) is 0.571. The molecule has 7 heteroatoms. The van der Waals surface area contributed by atoms with Crippen LogP contribution in [-0.4, -0.2) is 40.0 Å². The summed E-state index contributed by atoms with van der Waals surface area (Å²) in [5, 5.41) is 3.16. The lowest BCUT2D eigenvalue weighted by molar-refractivity contribution is 0.153. The zero-order chi connectivity index (χ0) is 11.0. The average Bonchev–Trinajstić information content (AvgIpc) is 2.14. The van der Waals surface area contributed by atoms with Crippen molar-refractivity contribution >= 4 is 15.9 Å². The fourth-order valence-electron chi connectivity index (χ4n) is 0.559. The molecule has 1 amide bonds. The first kappa shape index (κ1) is 12.9. The van der Waals surface area contributed by atoms with E-state index in [0.717, 1.165) is 5.41 Å². The van der Waals surface area contributed by atoms with Crippen LogP contribution >= 0.6 is 0 Å². The molecule has 0 aliphatic heterocycles. The van der Waals surface area contributed by atoms with E-state index in [1.54, 1.807) is 0 Å². The van der Waals surface area contributed by atoms with E-state index in [1.165, 1.54) is 0 Å². The molecule has 0 rings (SSSR count). The van der Waals surface area contributed by atoms with Gasteiger partial charge in [-0.05, 0) is 0 Å². The third kappa shape index (κ3) is 6.44. The topological polar surface area (TPSA) is 98.5 Å². The van der Waals surface area contributed by atoms with Gasteiger partial charge in [-0.3, -0.25) is 0 Å². The van der Waals surface area contributed by atoms with Crippen molar-refractivity contribution in [1.29, 1.82) is 0 Å². The van der Waals surface area contributed by atoms with Crippen molar-refractivity contribution < 1.29 is 17.9 Å². The first-order valence-electron chi connectivity index (χ1n) is 3.97. The van der Waals surface area contributed by atoms with Gasteiger partial charge in [0.15, 0.2) is 9.84 Å². The minimum absolute atomic E-state index is 0.190. The van der Waals surface area contributed by atoms with Crippen LogP contribution in [0.2, 0.25) is 0 Å². The third-order valence-electron chi connectivity index (χ3n) is 1.27. The maximum absolute atomic E-state index is 10.8. The van der Waals surface area contributed by atoms with Gasteiger partial charge in [0.05, 0.1) is 5.75 Å². The van der Waals surface area contributed by atoms with Crippen LogP contribution < -0.4 is 11.1 Å². The predicted octanol–water partition coefficient (Wildman–Crippen LogP) is -0.770. The van der Waals surface area contributed by atoms with Crippen molar-refractivity contribution in [3.63, 3.8) is 0 Å². The summed E-state index contributed by atoms with van der Waals surface area (Å²) in [5.74, 6) is -0.257. The van der Waals surface area contributed by atoms with Crippen LogP contribution in [0.4, 0.5) is 4.79 Å². The van der Waals surface area contributed by atoms with E-state index in [9.17, 15) is 13.2 Å². The van der Waals surface area contributed by atoms with Gasteiger partial charge in [0, 0.05) is 18.5 Å². The molecule has 0 aromatic heterocycles. The SMILES string of the molecule is C=CS(=O)(=O)CCOC(=O)NCCN. The molecule has 6 nitrogen and oxygen atoms in total. The molecule has 14 heavy (non-hydrogen) atoms. The Kier molecular flexibility index (Phi) is 5.89. The third-order valence-corrected chi connectivity index (χ3v) is 2.51. The first-order chi connectivity index (χ1) is 6.52. The average molecular weight is 222 g/mol. The lowest BCUT2D eigenvalue weighted by atomic mass is 10.6. The maximum Gasteiger partial charge on any atom is 0.407 e. The highest BCUT2D eigenvalue weighted by Crippen LogP contribution is 1.90. The summed E-state index contributed by atoms with van der Waals surface area (Å²) in [6, 6.07) is 0. The Morgan fingerprint density at radius 2 is 2.21 bits per heavy atom. The van der Waals surface area contributed by atoms with Crippen LogP contribution in [-0.2, 0) is 14.6 Å². The maximum atomic E-state index is 10.8. The van der Waals surface area contributed by atoms with Crippen molar-refractivity contribution in [2.45, 2.75) is 0 Å². The van der Waals surface area contributed by atoms with Crippen molar-refractivity contribution in [2.75, 3.05) is 25.4 Å². The van der Waals surface area contributed by atoms with E-state index in [4.69, 9.17) is 5.73 Å². The molecule has 0 saturated heterocycles. The number of hydrogen-bond acceptors (Lipinski definition) is 5. The summed E-state index contributed by atoms with van der Waals surface area (Å²) in [6.07, 6.45) is -0.672. The lowest BCUT2D eigenvalue weighted by Gasteiger charge is -2.04. The smallest absolute Gasteiger partial charge is 0.407 e. The largest absolute Gasteiger partial charge is 0.448 e. The molecule has 3 N–H and O–H groups in total. The van der Waals surface area contributed by atoms with E-state index in [-0.39, 0.29) is 12.4 Å². The quantitative estimate of drug-likeness (QED) is 0.615. The molecule has 0 aliphatic rings. The molecule has 0 fully saturated rings. The Hall–Kier alpha value is -1.08. The molecule has 0 aliphatic carbocycles. The van der Waals surface area contributed by atoms with Gasteiger partial charge in [0.1, 0.15) is 6.61 Å². The number of alkyl carbamates (subject to hydrolysis) is 1. The summed E-state index contributed by atoms with van der Waals surface area (Å²) in [6.45, 7) is 3.53. The van der Waals surface area contributed by atoms with E-state index >= 15 is 0 Å². The Morgan fingerprint density at radius 3 is 2.71 bits per heavy atom. The van der Waals surface area contributed by atoms with Crippen molar-refractivity contribution in [2.24, 2.45) is 5.73 Å². The fourth-order valence-corrected chi connectivity index (χ4v) is 1.04. The molecule has 0 radical (unpaired) electrons. The van der Waals surface area contributed by atoms with E-state index in [1.807, 2.05) is 0 Å². The molecule has 0 saturated carbocycles. The highest BCUT2D eigenvalue weighted by atomic mass is 32.2. The molecule has 0 aromatic rings. The summed E-state index contributed by atoms with van der Waals surface area (Å²) in [4.78, 5) is 10.8. The molecule has 0 unspecified atom stereocenters. The first-order valence-corrected chi connectivity index (χ1v) is 5.69. The van der Waals surface area contributed by atoms with Gasteiger partial charge in [-0.25, -0.2) is 13.2 Å². The van der Waals surface area contributed by atoms with Crippen molar-refractivity contribution in [1.82, 2.24) is 5.32 Å². The van der Waals surface area contributed by atoms with Gasteiger partial charge in [-0.1, -0.05) is 6.58 Å². The molecule has 82 valence electrons. The number of ether oxygens (including phenoxy) is 1. The van der Waals surface area contributed by atoms with Gasteiger partial charge in [-0.2, -0.15) is 0 Å². The second-order valence-corrected chi connectivity index (χ2v) is 4.45. The number of sulfone groups is 1. The van der Waals surface area contributed by atoms with Crippen LogP contribution in [0, 0.1) is 0 Å². The van der Waals surface area contributed by atoms with Crippen LogP contribution in [0.25, 0.3) is 0 Å². The highest BCUT2D eigenvalue weighted by molar-refractivity contribution is 7.94. The molecule has 0 bridgehead atoms. The molecule has 0 heterocycles. The number of carbonyl (C=O) groups is 1. The van der Waals surface area contributed by atoms with E-state index in [0.29, 0.717) is 13.1 Å². The standard InChI is InChI=1S/C7H14N2O4S/c1-2-14(11,12)6-5-13-7(10)9-4-3-8/h2H,1,3-6,8H2,(H,9,10). The predicted molar refractivity (Wildman–Crippen MR) is 52.4 cm³/mol. The molecular formula is C7H14N2O4S. The second-order valence-electron chi connectivity index (χ2n) is 2.39. The normalized spacial score (nSPS) is 10.6. The van der Waals surface area contributed by atoms with Gasteiger partial charge >= 0.3 is 6.09 Å². The zero-order valence-corrected chi connectivity index (χ0v) is 8.55. The van der Waals surface area contributed by atoms with Crippen LogP contribution in [0.1, 0.15) is 0 Å². The summed E-state index contributed by atoms with van der Waals surface area (Å²) >= 11 is 0.